The Kier molecular flexibility index (Phi) is 8.68. The first-order chi connectivity index (χ1) is 20.7. The predicted octanol–water partition coefficient (Wildman–Crippen LogP) is 5.98. The second-order valence-electron chi connectivity index (χ2n) is 9.92. The number of hydrogen-bond donors (Lipinski definition) is 1. The molecule has 0 saturated heterocycles. The predicted molar refractivity (Wildman–Crippen MR) is 160 cm³/mol. The number of rotatable bonds is 12. The van der Waals surface area contributed by atoms with E-state index in [1.54, 1.807) is 12.4 Å². The van der Waals surface area contributed by atoms with Crippen LogP contribution < -0.4 is 19.5 Å². The Morgan fingerprint density at radius 1 is 0.857 bits per heavy atom. The molecular formula is C33H30N4O4S. The molecule has 0 unspecified atom stereocenters. The van der Waals surface area contributed by atoms with Crippen LogP contribution in [0.2, 0.25) is 0 Å². The van der Waals surface area contributed by atoms with Crippen LogP contribution in [-0.4, -0.2) is 27.6 Å². The van der Waals surface area contributed by atoms with Crippen LogP contribution in [0.15, 0.2) is 103 Å². The molecule has 42 heavy (non-hydrogen) atoms. The minimum absolute atomic E-state index is 0.199. The lowest BCUT2D eigenvalue weighted by molar-refractivity contribution is 0.0946. The summed E-state index contributed by atoms with van der Waals surface area (Å²) in [6.45, 7) is 3.12. The molecule has 8 nitrogen and oxygen atoms in total. The summed E-state index contributed by atoms with van der Waals surface area (Å²) in [6.07, 6.45) is 3.45. The van der Waals surface area contributed by atoms with Crippen molar-refractivity contribution < 1.29 is 19.0 Å². The average Bonchev–Trinajstić information content (AvgIpc) is 3.70. The smallest absolute Gasteiger partial charge is 0.271 e. The van der Waals surface area contributed by atoms with Crippen molar-refractivity contribution >= 4 is 17.2 Å². The third-order valence-electron chi connectivity index (χ3n) is 6.74. The number of nitrogens with one attached hydrogen (secondary N) is 1. The minimum atomic E-state index is -0.199. The van der Waals surface area contributed by atoms with Crippen molar-refractivity contribution in [1.29, 1.82) is 0 Å². The van der Waals surface area contributed by atoms with Gasteiger partial charge in [-0.2, -0.15) is 0 Å². The van der Waals surface area contributed by atoms with Crippen molar-refractivity contribution in [3.8, 4) is 17.2 Å². The zero-order valence-electron chi connectivity index (χ0n) is 22.9. The Balaban J connectivity index is 1.12. The molecule has 0 radical (unpaired) electrons. The van der Waals surface area contributed by atoms with Crippen molar-refractivity contribution in [2.75, 3.05) is 6.79 Å². The maximum Gasteiger partial charge on any atom is 0.271 e. The number of nitrogens with zero attached hydrogens (tertiary/aromatic N) is 3. The molecule has 1 aliphatic heterocycles. The topological polar surface area (TPSA) is 85.8 Å². The van der Waals surface area contributed by atoms with Crippen molar-refractivity contribution in [1.82, 2.24) is 20.2 Å². The second-order valence-corrected chi connectivity index (χ2v) is 10.9. The molecule has 9 heteroatoms. The second kappa shape index (κ2) is 13.3. The third-order valence-corrected chi connectivity index (χ3v) is 7.57. The summed E-state index contributed by atoms with van der Waals surface area (Å²) in [4.78, 5) is 23.8. The van der Waals surface area contributed by atoms with E-state index in [0.29, 0.717) is 38.5 Å². The van der Waals surface area contributed by atoms with Gasteiger partial charge >= 0.3 is 0 Å². The van der Waals surface area contributed by atoms with E-state index < -0.39 is 0 Å². The summed E-state index contributed by atoms with van der Waals surface area (Å²) >= 11 is 1.49. The van der Waals surface area contributed by atoms with Crippen LogP contribution >= 0.6 is 11.3 Å². The first-order valence-electron chi connectivity index (χ1n) is 13.7. The van der Waals surface area contributed by atoms with Crippen LogP contribution in [0.25, 0.3) is 0 Å². The van der Waals surface area contributed by atoms with Gasteiger partial charge in [0.05, 0.1) is 6.54 Å². The fraction of sp³-hybridized carbons (Fsp3) is 0.182. The number of aromatic nitrogens is 2. The zero-order chi connectivity index (χ0) is 28.6. The summed E-state index contributed by atoms with van der Waals surface area (Å²) in [5.74, 6) is 2.15. The Morgan fingerprint density at radius 3 is 2.48 bits per heavy atom. The highest BCUT2D eigenvalue weighted by Crippen LogP contribution is 2.33. The normalized spacial score (nSPS) is 11.9. The third kappa shape index (κ3) is 7.31. The van der Waals surface area contributed by atoms with Crippen molar-refractivity contribution in [3.05, 3.63) is 136 Å². The highest BCUT2D eigenvalue weighted by atomic mass is 32.1. The van der Waals surface area contributed by atoms with Crippen LogP contribution in [0.1, 0.15) is 37.7 Å². The van der Waals surface area contributed by atoms with Crippen LogP contribution in [0, 0.1) is 0 Å². The largest absolute Gasteiger partial charge is 0.489 e. The zero-order valence-corrected chi connectivity index (χ0v) is 23.8. The number of carbonyl (C=O) groups is 1. The van der Waals surface area contributed by atoms with E-state index in [1.807, 2.05) is 60.0 Å². The Hall–Kier alpha value is -4.73. The van der Waals surface area contributed by atoms with E-state index in [9.17, 15) is 4.79 Å². The molecule has 0 atom stereocenters. The highest BCUT2D eigenvalue weighted by Gasteiger charge is 2.17. The number of ether oxygens (including phenoxy) is 3. The number of amides is 1. The van der Waals surface area contributed by atoms with Gasteiger partial charge in [-0.3, -0.25) is 14.7 Å². The van der Waals surface area contributed by atoms with E-state index in [-0.39, 0.29) is 12.7 Å². The van der Waals surface area contributed by atoms with Crippen molar-refractivity contribution in [2.24, 2.45) is 0 Å². The summed E-state index contributed by atoms with van der Waals surface area (Å²) in [5.41, 5.74) is 4.74. The molecule has 5 aromatic rings. The van der Waals surface area contributed by atoms with Gasteiger partial charge in [-0.15, -0.1) is 11.3 Å². The molecule has 2 aromatic heterocycles. The first kappa shape index (κ1) is 27.4. The number of benzene rings is 3. The fourth-order valence-corrected chi connectivity index (χ4v) is 5.43. The van der Waals surface area contributed by atoms with Gasteiger partial charge in [0.1, 0.15) is 23.1 Å². The van der Waals surface area contributed by atoms with Gasteiger partial charge in [-0.1, -0.05) is 54.6 Å². The Morgan fingerprint density at radius 2 is 1.64 bits per heavy atom. The molecule has 0 aliphatic carbocycles. The van der Waals surface area contributed by atoms with Gasteiger partial charge < -0.3 is 19.5 Å². The quantitative estimate of drug-likeness (QED) is 0.195. The van der Waals surface area contributed by atoms with Crippen LogP contribution in [0.5, 0.6) is 17.2 Å². The number of pyridine rings is 1. The summed E-state index contributed by atoms with van der Waals surface area (Å²) in [6, 6.07) is 28.1. The molecule has 0 spiro atoms. The SMILES string of the molecule is O=C(NCc1cccnc1)c1csc(CN(Cc2ccc(OCc3ccccc3)cc2)Cc2ccc3c(c2)OCO3)n1. The van der Waals surface area contributed by atoms with Crippen molar-refractivity contribution in [2.45, 2.75) is 32.8 Å². The monoisotopic (exact) mass is 578 g/mol. The van der Waals surface area contributed by atoms with Crippen LogP contribution in [0.3, 0.4) is 0 Å². The van der Waals surface area contributed by atoms with Gasteiger partial charge in [-0.25, -0.2) is 4.98 Å². The molecule has 1 N–H and O–H groups in total. The van der Waals surface area contributed by atoms with Crippen molar-refractivity contribution in [3.63, 3.8) is 0 Å². The van der Waals surface area contributed by atoms with E-state index in [2.05, 4.69) is 50.5 Å². The highest BCUT2D eigenvalue weighted by molar-refractivity contribution is 7.09. The Bertz CT molecular complexity index is 1610. The lowest BCUT2D eigenvalue weighted by atomic mass is 10.1. The molecule has 0 bridgehead atoms. The van der Waals surface area contributed by atoms with E-state index in [0.717, 1.165) is 44.5 Å². The van der Waals surface area contributed by atoms with E-state index >= 15 is 0 Å². The number of thiazole rings is 1. The van der Waals surface area contributed by atoms with E-state index in [1.165, 1.54) is 11.3 Å². The van der Waals surface area contributed by atoms with Gasteiger partial charge in [-0.05, 0) is 52.6 Å². The molecule has 0 saturated carbocycles. The molecular weight excluding hydrogens is 548 g/mol. The number of fused-ring (bicyclic) bond motifs is 1. The molecule has 1 aliphatic rings. The molecule has 212 valence electrons. The standard InChI is InChI=1S/C33H30N4O4S/c38-33(35-17-27-7-4-14-34-16-27)29-22-42-32(36-29)20-37(19-26-10-13-30-31(15-26)41-23-40-30)18-24-8-11-28(12-9-24)39-21-25-5-2-1-3-6-25/h1-16,22H,17-21,23H2,(H,35,38). The average molecular weight is 579 g/mol. The van der Waals surface area contributed by atoms with Crippen LogP contribution in [-0.2, 0) is 32.8 Å². The van der Waals surface area contributed by atoms with Gasteiger partial charge in [0.15, 0.2) is 11.5 Å². The lowest BCUT2D eigenvalue weighted by Crippen LogP contribution is -2.24. The lowest BCUT2D eigenvalue weighted by Gasteiger charge is -2.22. The number of carbonyl (C=O) groups excluding carboxylic acids is 1. The summed E-state index contributed by atoms with van der Waals surface area (Å²) < 4.78 is 17.1. The number of hydrogen-bond acceptors (Lipinski definition) is 8. The molecule has 0 fully saturated rings. The molecule has 3 heterocycles. The van der Waals surface area contributed by atoms with Crippen LogP contribution in [0.4, 0.5) is 0 Å². The first-order valence-corrected chi connectivity index (χ1v) is 14.5. The van der Waals surface area contributed by atoms with Gasteiger partial charge in [0.25, 0.3) is 5.91 Å². The Labute approximate surface area is 248 Å². The maximum atomic E-state index is 12.7. The molecule has 3 aromatic carbocycles. The minimum Gasteiger partial charge on any atom is -0.489 e. The fourth-order valence-electron chi connectivity index (χ4n) is 4.61. The summed E-state index contributed by atoms with van der Waals surface area (Å²) in [7, 11) is 0. The van der Waals surface area contributed by atoms with Gasteiger partial charge in [0.2, 0.25) is 6.79 Å². The van der Waals surface area contributed by atoms with Gasteiger partial charge in [0, 0.05) is 37.4 Å². The molecule has 6 rings (SSSR count). The summed E-state index contributed by atoms with van der Waals surface area (Å²) in [5, 5.41) is 5.60. The van der Waals surface area contributed by atoms with E-state index in [4.69, 9.17) is 14.2 Å². The maximum absolute atomic E-state index is 12.7. The molecule has 1 amide bonds.